The van der Waals surface area contributed by atoms with Crippen molar-refractivity contribution in [3.63, 3.8) is 0 Å². The van der Waals surface area contributed by atoms with E-state index in [1.807, 2.05) is 25.2 Å². The molecule has 0 saturated heterocycles. The molecule has 0 N–H and O–H groups in total. The number of nitrogens with zero attached hydrogens (tertiary/aromatic N) is 3. The molecule has 26 heavy (non-hydrogen) atoms. The summed E-state index contributed by atoms with van der Waals surface area (Å²) in [4.78, 5) is 17.0. The minimum Gasteiger partial charge on any atom is -0.486 e. The van der Waals surface area contributed by atoms with Gasteiger partial charge >= 0.3 is 0 Å². The van der Waals surface area contributed by atoms with Crippen molar-refractivity contribution in [2.45, 2.75) is 6.54 Å². The van der Waals surface area contributed by atoms with Gasteiger partial charge in [-0.15, -0.1) is 0 Å². The Kier molecular flexibility index (Phi) is 4.04. The number of hydrogen-bond donors (Lipinski definition) is 0. The monoisotopic (exact) mass is 351 g/mol. The van der Waals surface area contributed by atoms with Crippen molar-refractivity contribution in [1.82, 2.24) is 4.98 Å². The molecule has 0 radical (unpaired) electrons. The van der Waals surface area contributed by atoms with Crippen molar-refractivity contribution in [3.8, 4) is 11.5 Å². The summed E-state index contributed by atoms with van der Waals surface area (Å²) in [5.74, 6) is 1.51. The Bertz CT molecular complexity index is 990. The van der Waals surface area contributed by atoms with Gasteiger partial charge in [-0.05, 0) is 29.8 Å². The van der Waals surface area contributed by atoms with Gasteiger partial charge in [0.1, 0.15) is 13.2 Å². The maximum absolute atomic E-state index is 11.3. The highest BCUT2D eigenvalue weighted by atomic mass is 16.6. The minimum absolute atomic E-state index is 0.0598. The standard InChI is InChI=1S/C19H17N3O4/c1-21(12-13-2-5-18-19(10-13)26-9-8-25-18)16-3-4-17(22(23)24)15-11-20-7-6-14(15)16/h2-7,10-11H,8-9,12H2,1H3. The lowest BCUT2D eigenvalue weighted by Gasteiger charge is -2.23. The smallest absolute Gasteiger partial charge is 0.278 e. The molecule has 3 aromatic rings. The minimum atomic E-state index is -0.380. The average molecular weight is 351 g/mol. The third-order valence-corrected chi connectivity index (χ3v) is 4.41. The number of rotatable bonds is 4. The topological polar surface area (TPSA) is 77.7 Å². The molecule has 0 fully saturated rings. The number of aromatic nitrogens is 1. The van der Waals surface area contributed by atoms with E-state index in [1.54, 1.807) is 18.3 Å². The molecule has 1 aliphatic rings. The van der Waals surface area contributed by atoms with E-state index in [4.69, 9.17) is 9.47 Å². The SMILES string of the molecule is CN(Cc1ccc2c(c1)OCCO2)c1ccc([N+](=O)[O-])c2cnccc12. The van der Waals surface area contributed by atoms with Crippen LogP contribution in [-0.4, -0.2) is 30.2 Å². The van der Waals surface area contributed by atoms with Gasteiger partial charge in [0.15, 0.2) is 11.5 Å². The van der Waals surface area contributed by atoms with Gasteiger partial charge in [-0.1, -0.05) is 6.07 Å². The number of nitro benzene ring substituents is 1. The number of fused-ring (bicyclic) bond motifs is 2. The first-order valence-electron chi connectivity index (χ1n) is 8.24. The molecule has 0 atom stereocenters. The van der Waals surface area contributed by atoms with Crippen LogP contribution in [0.2, 0.25) is 0 Å². The zero-order valence-corrected chi connectivity index (χ0v) is 14.2. The van der Waals surface area contributed by atoms with Crippen molar-refractivity contribution >= 4 is 22.1 Å². The molecule has 7 nitrogen and oxygen atoms in total. The number of anilines is 1. The fourth-order valence-corrected chi connectivity index (χ4v) is 3.20. The largest absolute Gasteiger partial charge is 0.486 e. The summed E-state index contributed by atoms with van der Waals surface area (Å²) < 4.78 is 11.2. The molecular formula is C19H17N3O4. The molecule has 7 heteroatoms. The lowest BCUT2D eigenvalue weighted by atomic mass is 10.1. The van der Waals surface area contributed by atoms with Gasteiger partial charge in [0.05, 0.1) is 10.3 Å². The molecule has 0 amide bonds. The summed E-state index contributed by atoms with van der Waals surface area (Å²) in [5, 5.41) is 12.6. The van der Waals surface area contributed by atoms with Crippen molar-refractivity contribution < 1.29 is 14.4 Å². The Labute approximate surface area is 149 Å². The second-order valence-corrected chi connectivity index (χ2v) is 6.12. The number of pyridine rings is 1. The normalized spacial score (nSPS) is 12.8. The van der Waals surface area contributed by atoms with Gasteiger partial charge in [0.25, 0.3) is 5.69 Å². The first-order chi connectivity index (χ1) is 12.6. The van der Waals surface area contributed by atoms with Crippen LogP contribution < -0.4 is 14.4 Å². The van der Waals surface area contributed by atoms with Crippen LogP contribution in [0.3, 0.4) is 0 Å². The molecule has 132 valence electrons. The summed E-state index contributed by atoms with van der Waals surface area (Å²) in [7, 11) is 1.96. The van der Waals surface area contributed by atoms with E-state index in [0.29, 0.717) is 25.1 Å². The van der Waals surface area contributed by atoms with Crippen LogP contribution >= 0.6 is 0 Å². The highest BCUT2D eigenvalue weighted by Gasteiger charge is 2.17. The Morgan fingerprint density at radius 3 is 2.73 bits per heavy atom. The van der Waals surface area contributed by atoms with Gasteiger partial charge in [-0.3, -0.25) is 15.1 Å². The number of nitro groups is 1. The number of benzene rings is 2. The Hall–Kier alpha value is -3.35. The zero-order valence-electron chi connectivity index (χ0n) is 14.2. The Balaban J connectivity index is 1.67. The lowest BCUT2D eigenvalue weighted by molar-refractivity contribution is -0.383. The molecule has 0 saturated carbocycles. The van der Waals surface area contributed by atoms with E-state index < -0.39 is 0 Å². The summed E-state index contributed by atoms with van der Waals surface area (Å²) in [6.45, 7) is 1.74. The summed E-state index contributed by atoms with van der Waals surface area (Å²) in [5.41, 5.74) is 2.03. The Morgan fingerprint density at radius 2 is 1.92 bits per heavy atom. The van der Waals surface area contributed by atoms with E-state index in [-0.39, 0.29) is 10.6 Å². The van der Waals surface area contributed by atoms with Gasteiger partial charge in [0.2, 0.25) is 0 Å². The molecule has 0 spiro atoms. The summed E-state index contributed by atoms with van der Waals surface area (Å²) in [6.07, 6.45) is 3.18. The molecule has 1 aliphatic heterocycles. The third-order valence-electron chi connectivity index (χ3n) is 4.41. The zero-order chi connectivity index (χ0) is 18.1. The van der Waals surface area contributed by atoms with Crippen molar-refractivity contribution in [2.24, 2.45) is 0 Å². The Morgan fingerprint density at radius 1 is 1.12 bits per heavy atom. The van der Waals surface area contributed by atoms with Crippen molar-refractivity contribution in [1.29, 1.82) is 0 Å². The molecule has 2 heterocycles. The maximum atomic E-state index is 11.3. The van der Waals surface area contributed by atoms with E-state index in [0.717, 1.165) is 28.1 Å². The highest BCUT2D eigenvalue weighted by molar-refractivity contribution is 5.99. The van der Waals surface area contributed by atoms with Crippen LogP contribution in [0.25, 0.3) is 10.8 Å². The van der Waals surface area contributed by atoms with Crippen LogP contribution in [-0.2, 0) is 6.54 Å². The third kappa shape index (κ3) is 2.88. The maximum Gasteiger partial charge on any atom is 0.278 e. The van der Waals surface area contributed by atoms with Crippen LogP contribution in [0.4, 0.5) is 11.4 Å². The fraction of sp³-hybridized carbons (Fsp3) is 0.211. The lowest BCUT2D eigenvalue weighted by Crippen LogP contribution is -2.18. The van der Waals surface area contributed by atoms with Crippen LogP contribution in [0.5, 0.6) is 11.5 Å². The number of non-ortho nitro benzene ring substituents is 1. The predicted molar refractivity (Wildman–Crippen MR) is 97.9 cm³/mol. The summed E-state index contributed by atoms with van der Waals surface area (Å²) in [6, 6.07) is 11.0. The van der Waals surface area contributed by atoms with E-state index >= 15 is 0 Å². The molecule has 0 bridgehead atoms. The van der Waals surface area contributed by atoms with E-state index in [2.05, 4.69) is 9.88 Å². The fourth-order valence-electron chi connectivity index (χ4n) is 3.20. The number of hydrogen-bond acceptors (Lipinski definition) is 6. The molecular weight excluding hydrogens is 334 g/mol. The van der Waals surface area contributed by atoms with Gasteiger partial charge in [0, 0.05) is 43.1 Å². The second-order valence-electron chi connectivity index (χ2n) is 6.12. The van der Waals surface area contributed by atoms with Crippen LogP contribution in [0, 0.1) is 10.1 Å². The van der Waals surface area contributed by atoms with Crippen molar-refractivity contribution in [3.05, 3.63) is 64.5 Å². The first-order valence-corrected chi connectivity index (χ1v) is 8.24. The van der Waals surface area contributed by atoms with Gasteiger partial charge in [-0.2, -0.15) is 0 Å². The van der Waals surface area contributed by atoms with Crippen molar-refractivity contribution in [2.75, 3.05) is 25.2 Å². The molecule has 1 aromatic heterocycles. The van der Waals surface area contributed by atoms with E-state index in [1.165, 1.54) is 12.3 Å². The number of ether oxygens (including phenoxy) is 2. The summed E-state index contributed by atoms with van der Waals surface area (Å²) >= 11 is 0. The van der Waals surface area contributed by atoms with Crippen LogP contribution in [0.1, 0.15) is 5.56 Å². The predicted octanol–water partition coefficient (Wildman–Crippen LogP) is 3.55. The molecule has 2 aromatic carbocycles. The molecule has 4 rings (SSSR count). The van der Waals surface area contributed by atoms with Gasteiger partial charge < -0.3 is 14.4 Å². The average Bonchev–Trinajstić information content (AvgIpc) is 2.66. The molecule has 0 unspecified atom stereocenters. The second kappa shape index (κ2) is 6.51. The molecule has 0 aliphatic carbocycles. The van der Waals surface area contributed by atoms with Crippen LogP contribution in [0.15, 0.2) is 48.8 Å². The quantitative estimate of drug-likeness (QED) is 0.528. The highest BCUT2D eigenvalue weighted by Crippen LogP contribution is 2.34. The van der Waals surface area contributed by atoms with Gasteiger partial charge in [-0.25, -0.2) is 0 Å². The first kappa shape index (κ1) is 16.1. The van der Waals surface area contributed by atoms with E-state index in [9.17, 15) is 10.1 Å².